The number of unbranched alkanes of at least 4 members (excludes halogenated alkanes) is 2. The van der Waals surface area contributed by atoms with Crippen LogP contribution in [0.5, 0.6) is 0 Å². The van der Waals surface area contributed by atoms with Crippen molar-refractivity contribution in [1.29, 1.82) is 0 Å². The number of aromatic nitrogens is 2. The zero-order chi connectivity index (χ0) is 11.1. The molecule has 0 amide bonds. The van der Waals surface area contributed by atoms with Crippen LogP contribution in [0.4, 0.5) is 11.6 Å². The first-order valence-corrected chi connectivity index (χ1v) is 5.07. The highest BCUT2D eigenvalue weighted by atomic mass is 35.5. The van der Waals surface area contributed by atoms with Gasteiger partial charge in [0, 0.05) is 13.0 Å². The minimum atomic E-state index is 0.290. The molecule has 0 aliphatic rings. The first-order chi connectivity index (χ1) is 7.25. The van der Waals surface area contributed by atoms with E-state index in [1.54, 1.807) is 0 Å². The Morgan fingerprint density at radius 2 is 2.27 bits per heavy atom. The highest BCUT2D eigenvalue weighted by Gasteiger charge is 2.04. The Morgan fingerprint density at radius 3 is 3.00 bits per heavy atom. The fraction of sp³-hybridized carbons (Fsp3) is 0.400. The van der Waals surface area contributed by atoms with E-state index in [-0.39, 0.29) is 5.82 Å². The number of hydrogen-bond donors (Lipinski definition) is 2. The number of nitrogen functional groups attached to an aromatic ring is 1. The summed E-state index contributed by atoms with van der Waals surface area (Å²) in [6.07, 6.45) is 9.27. The molecule has 80 valence electrons. The van der Waals surface area contributed by atoms with E-state index in [4.69, 9.17) is 23.8 Å². The molecule has 0 aliphatic heterocycles. The zero-order valence-corrected chi connectivity index (χ0v) is 9.09. The molecule has 0 atom stereocenters. The summed E-state index contributed by atoms with van der Waals surface area (Å²) in [5.41, 5.74) is 5.52. The van der Waals surface area contributed by atoms with E-state index in [0.29, 0.717) is 10.8 Å². The molecule has 1 aromatic rings. The predicted molar refractivity (Wildman–Crippen MR) is 62.6 cm³/mol. The molecule has 0 aromatic carbocycles. The van der Waals surface area contributed by atoms with Crippen molar-refractivity contribution < 1.29 is 0 Å². The molecule has 0 spiro atoms. The fourth-order valence-corrected chi connectivity index (χ4v) is 1.23. The van der Waals surface area contributed by atoms with Crippen LogP contribution in [0.2, 0.25) is 5.02 Å². The van der Waals surface area contributed by atoms with E-state index in [1.807, 2.05) is 0 Å². The Bertz CT molecular complexity index is 359. The van der Waals surface area contributed by atoms with Crippen LogP contribution in [0.25, 0.3) is 0 Å². The van der Waals surface area contributed by atoms with Crippen LogP contribution < -0.4 is 11.1 Å². The van der Waals surface area contributed by atoms with Gasteiger partial charge in [-0.25, -0.2) is 9.97 Å². The van der Waals surface area contributed by atoms with Crippen LogP contribution in [-0.2, 0) is 0 Å². The summed E-state index contributed by atoms with van der Waals surface area (Å²) in [5, 5.41) is 3.45. The third kappa shape index (κ3) is 3.64. The molecule has 0 bridgehead atoms. The highest BCUT2D eigenvalue weighted by molar-refractivity contribution is 6.35. The largest absolute Gasteiger partial charge is 0.382 e. The van der Waals surface area contributed by atoms with Crippen molar-refractivity contribution in [1.82, 2.24) is 9.97 Å². The number of nitrogens with two attached hydrogens (primary N) is 1. The van der Waals surface area contributed by atoms with Crippen molar-refractivity contribution in [2.24, 2.45) is 0 Å². The molecule has 1 heterocycles. The number of terminal acetylenes is 1. The average molecular weight is 225 g/mol. The predicted octanol–water partition coefficient (Wildman–Crippen LogP) is 1.93. The molecule has 0 aliphatic carbocycles. The molecular weight excluding hydrogens is 212 g/mol. The lowest BCUT2D eigenvalue weighted by molar-refractivity contribution is 0.787. The monoisotopic (exact) mass is 224 g/mol. The smallest absolute Gasteiger partial charge is 0.150 e. The van der Waals surface area contributed by atoms with Crippen molar-refractivity contribution in [3.05, 3.63) is 11.3 Å². The Morgan fingerprint density at radius 1 is 1.47 bits per heavy atom. The SMILES string of the molecule is C#CCCCCNc1ncnc(N)c1Cl. The van der Waals surface area contributed by atoms with Gasteiger partial charge in [-0.1, -0.05) is 11.6 Å². The van der Waals surface area contributed by atoms with Crippen molar-refractivity contribution in [2.75, 3.05) is 17.6 Å². The van der Waals surface area contributed by atoms with Crippen LogP contribution in [0.1, 0.15) is 19.3 Å². The Labute approximate surface area is 94.3 Å². The summed E-state index contributed by atoms with van der Waals surface area (Å²) in [6.45, 7) is 0.776. The van der Waals surface area contributed by atoms with Crippen molar-refractivity contribution in [3.63, 3.8) is 0 Å². The molecule has 0 fully saturated rings. The maximum atomic E-state index is 5.89. The zero-order valence-electron chi connectivity index (χ0n) is 8.33. The van der Waals surface area contributed by atoms with Gasteiger partial charge in [0.1, 0.15) is 23.0 Å². The average Bonchev–Trinajstić information content (AvgIpc) is 2.24. The number of anilines is 2. The molecule has 0 radical (unpaired) electrons. The van der Waals surface area contributed by atoms with Gasteiger partial charge in [-0.2, -0.15) is 0 Å². The summed E-state index contributed by atoms with van der Waals surface area (Å²) >= 11 is 5.89. The Kier molecular flexibility index (Phi) is 4.72. The lowest BCUT2D eigenvalue weighted by Crippen LogP contribution is -2.05. The van der Waals surface area contributed by atoms with Gasteiger partial charge in [-0.15, -0.1) is 12.3 Å². The molecule has 0 saturated carbocycles. The van der Waals surface area contributed by atoms with Crippen LogP contribution in [0.15, 0.2) is 6.33 Å². The van der Waals surface area contributed by atoms with Gasteiger partial charge in [-0.3, -0.25) is 0 Å². The minimum absolute atomic E-state index is 0.290. The van der Waals surface area contributed by atoms with Gasteiger partial charge in [0.25, 0.3) is 0 Å². The van der Waals surface area contributed by atoms with Gasteiger partial charge in [0.15, 0.2) is 0 Å². The molecule has 3 N–H and O–H groups in total. The summed E-state index contributed by atoms with van der Waals surface area (Å²) in [4.78, 5) is 7.75. The van der Waals surface area contributed by atoms with Crippen LogP contribution in [0, 0.1) is 12.3 Å². The summed E-state index contributed by atoms with van der Waals surface area (Å²) < 4.78 is 0. The fourth-order valence-electron chi connectivity index (χ4n) is 1.07. The third-order valence-corrected chi connectivity index (χ3v) is 2.23. The van der Waals surface area contributed by atoms with Gasteiger partial charge >= 0.3 is 0 Å². The molecule has 0 unspecified atom stereocenters. The van der Waals surface area contributed by atoms with Gasteiger partial charge in [0.2, 0.25) is 0 Å². The highest BCUT2D eigenvalue weighted by Crippen LogP contribution is 2.22. The van der Waals surface area contributed by atoms with E-state index in [0.717, 1.165) is 25.8 Å². The maximum Gasteiger partial charge on any atom is 0.150 e. The molecule has 4 nitrogen and oxygen atoms in total. The lowest BCUT2D eigenvalue weighted by Gasteiger charge is -2.06. The van der Waals surface area contributed by atoms with Crippen molar-refractivity contribution in [3.8, 4) is 12.3 Å². The molecule has 15 heavy (non-hydrogen) atoms. The van der Waals surface area contributed by atoms with E-state index in [1.165, 1.54) is 6.33 Å². The van der Waals surface area contributed by atoms with E-state index >= 15 is 0 Å². The standard InChI is InChI=1S/C10H13ClN4/c1-2-3-4-5-6-13-10-8(11)9(12)14-7-15-10/h1,7H,3-6H2,(H3,12,13,14,15). The maximum absolute atomic E-state index is 5.89. The number of nitrogens with one attached hydrogen (secondary N) is 1. The topological polar surface area (TPSA) is 63.8 Å². The van der Waals surface area contributed by atoms with Gasteiger partial charge < -0.3 is 11.1 Å². The number of rotatable bonds is 5. The molecule has 5 heteroatoms. The van der Waals surface area contributed by atoms with Crippen LogP contribution in [-0.4, -0.2) is 16.5 Å². The number of nitrogens with zero attached hydrogens (tertiary/aromatic N) is 2. The van der Waals surface area contributed by atoms with Crippen LogP contribution in [0.3, 0.4) is 0 Å². The third-order valence-electron chi connectivity index (χ3n) is 1.86. The second kappa shape index (κ2) is 6.10. The van der Waals surface area contributed by atoms with Crippen LogP contribution >= 0.6 is 11.6 Å². The Hall–Kier alpha value is -1.47. The summed E-state index contributed by atoms with van der Waals surface area (Å²) in [6, 6.07) is 0. The number of halogens is 1. The second-order valence-corrected chi connectivity index (χ2v) is 3.39. The molecule has 1 aromatic heterocycles. The van der Waals surface area contributed by atoms with Crippen molar-refractivity contribution in [2.45, 2.75) is 19.3 Å². The van der Waals surface area contributed by atoms with Gasteiger partial charge in [0.05, 0.1) is 0 Å². The first kappa shape index (κ1) is 11.6. The lowest BCUT2D eigenvalue weighted by atomic mass is 10.2. The minimum Gasteiger partial charge on any atom is -0.382 e. The number of hydrogen-bond acceptors (Lipinski definition) is 4. The quantitative estimate of drug-likeness (QED) is 0.593. The summed E-state index contributed by atoms with van der Waals surface area (Å²) in [7, 11) is 0. The summed E-state index contributed by atoms with van der Waals surface area (Å²) in [5.74, 6) is 3.45. The van der Waals surface area contributed by atoms with Crippen molar-refractivity contribution >= 4 is 23.2 Å². The molecule has 0 saturated heterocycles. The molecule has 1 rings (SSSR count). The Balaban J connectivity index is 2.38. The van der Waals surface area contributed by atoms with E-state index in [2.05, 4.69) is 21.2 Å². The first-order valence-electron chi connectivity index (χ1n) is 4.69. The van der Waals surface area contributed by atoms with E-state index in [9.17, 15) is 0 Å². The van der Waals surface area contributed by atoms with E-state index < -0.39 is 0 Å². The van der Waals surface area contributed by atoms with Gasteiger partial charge in [-0.05, 0) is 12.8 Å². The normalized spacial score (nSPS) is 9.60. The second-order valence-electron chi connectivity index (χ2n) is 3.01. The molecular formula is C10H13ClN4.